The molecule has 2 fully saturated rings. The van der Waals surface area contributed by atoms with E-state index in [0.29, 0.717) is 12.3 Å². The quantitative estimate of drug-likeness (QED) is 0.781. The van der Waals surface area contributed by atoms with Crippen LogP contribution < -0.4 is 5.32 Å². The van der Waals surface area contributed by atoms with Crippen LogP contribution >= 0.6 is 0 Å². The van der Waals surface area contributed by atoms with Gasteiger partial charge in [0.2, 0.25) is 5.91 Å². The number of hydrogen-bond donors (Lipinski definition) is 2. The summed E-state index contributed by atoms with van der Waals surface area (Å²) in [6, 6.07) is -0.0865. The van der Waals surface area contributed by atoms with Gasteiger partial charge in [0.15, 0.2) is 0 Å². The number of aryl methyl sites for hydroxylation is 1. The molecule has 0 spiro atoms. The van der Waals surface area contributed by atoms with Crippen LogP contribution in [0.3, 0.4) is 0 Å². The topological polar surface area (TPSA) is 89.3 Å². The number of nitrogens with one attached hydrogen (secondary N) is 1. The van der Waals surface area contributed by atoms with Gasteiger partial charge in [0.05, 0.1) is 24.4 Å². The van der Waals surface area contributed by atoms with Crippen molar-refractivity contribution < 1.29 is 14.6 Å². The lowest BCUT2D eigenvalue weighted by Gasteiger charge is -2.36. The van der Waals surface area contributed by atoms with Crippen molar-refractivity contribution in [3.8, 4) is 0 Å². The van der Waals surface area contributed by atoms with Crippen LogP contribution in [0, 0.1) is 0 Å². The third-order valence-electron chi connectivity index (χ3n) is 4.70. The molecule has 1 aliphatic carbocycles. The Labute approximate surface area is 136 Å². The predicted molar refractivity (Wildman–Crippen MR) is 83.8 cm³/mol. The van der Waals surface area contributed by atoms with Gasteiger partial charge < -0.3 is 15.2 Å². The zero-order valence-electron chi connectivity index (χ0n) is 13.6. The SMILES string of the molecule is CCC(=O)N[C@@H]1CC[C@@H](CCn2cc(C3CC3)nn2)O[C@@H]1CO. The lowest BCUT2D eigenvalue weighted by molar-refractivity contribution is -0.128. The molecule has 1 saturated heterocycles. The van der Waals surface area contributed by atoms with Crippen molar-refractivity contribution in [2.75, 3.05) is 6.61 Å². The first kappa shape index (κ1) is 16.4. The van der Waals surface area contributed by atoms with Gasteiger partial charge in [-0.05, 0) is 32.1 Å². The molecule has 128 valence electrons. The van der Waals surface area contributed by atoms with Crippen LogP contribution in [0.15, 0.2) is 6.20 Å². The summed E-state index contributed by atoms with van der Waals surface area (Å²) in [6.45, 7) is 2.53. The average Bonchev–Trinajstić information content (AvgIpc) is 3.32. The summed E-state index contributed by atoms with van der Waals surface area (Å²) in [5.41, 5.74) is 1.10. The lowest BCUT2D eigenvalue weighted by Crippen LogP contribution is -2.50. The van der Waals surface area contributed by atoms with Gasteiger partial charge in [0.25, 0.3) is 0 Å². The highest BCUT2D eigenvalue weighted by atomic mass is 16.5. The molecule has 2 heterocycles. The largest absolute Gasteiger partial charge is 0.394 e. The van der Waals surface area contributed by atoms with E-state index in [2.05, 4.69) is 15.6 Å². The summed E-state index contributed by atoms with van der Waals surface area (Å²) in [5, 5.41) is 20.8. The Morgan fingerprint density at radius 2 is 2.26 bits per heavy atom. The van der Waals surface area contributed by atoms with Crippen molar-refractivity contribution in [2.24, 2.45) is 0 Å². The molecule has 0 bridgehead atoms. The predicted octanol–water partition coefficient (Wildman–Crippen LogP) is 0.980. The van der Waals surface area contributed by atoms with Gasteiger partial charge in [-0.25, -0.2) is 0 Å². The Kier molecular flexibility index (Phi) is 5.27. The zero-order valence-corrected chi connectivity index (χ0v) is 13.6. The van der Waals surface area contributed by atoms with Gasteiger partial charge in [-0.15, -0.1) is 5.10 Å². The van der Waals surface area contributed by atoms with Crippen LogP contribution in [-0.4, -0.2) is 50.9 Å². The number of ether oxygens (including phenoxy) is 1. The maximum absolute atomic E-state index is 11.5. The first-order valence-electron chi connectivity index (χ1n) is 8.65. The van der Waals surface area contributed by atoms with Crippen LogP contribution in [0.4, 0.5) is 0 Å². The van der Waals surface area contributed by atoms with Gasteiger partial charge in [0.1, 0.15) is 6.10 Å². The van der Waals surface area contributed by atoms with E-state index in [1.54, 1.807) is 0 Å². The van der Waals surface area contributed by atoms with E-state index >= 15 is 0 Å². The minimum Gasteiger partial charge on any atom is -0.394 e. The van der Waals surface area contributed by atoms with E-state index in [0.717, 1.165) is 31.5 Å². The number of carbonyl (C=O) groups is 1. The van der Waals surface area contributed by atoms with E-state index in [1.807, 2.05) is 17.8 Å². The molecule has 7 nitrogen and oxygen atoms in total. The zero-order chi connectivity index (χ0) is 16.2. The maximum atomic E-state index is 11.5. The molecule has 7 heteroatoms. The van der Waals surface area contributed by atoms with Crippen LogP contribution in [0.25, 0.3) is 0 Å². The van der Waals surface area contributed by atoms with Crippen molar-refractivity contribution in [1.82, 2.24) is 20.3 Å². The van der Waals surface area contributed by atoms with Crippen LogP contribution in [-0.2, 0) is 16.1 Å². The molecule has 0 unspecified atom stereocenters. The summed E-state index contributed by atoms with van der Waals surface area (Å²) >= 11 is 0. The molecular weight excluding hydrogens is 296 g/mol. The first-order chi connectivity index (χ1) is 11.2. The summed E-state index contributed by atoms with van der Waals surface area (Å²) in [5.74, 6) is 0.627. The van der Waals surface area contributed by atoms with Gasteiger partial charge in [0, 0.05) is 25.1 Å². The molecule has 1 aromatic heterocycles. The second kappa shape index (κ2) is 7.40. The monoisotopic (exact) mass is 322 g/mol. The fraction of sp³-hybridized carbons (Fsp3) is 0.812. The van der Waals surface area contributed by atoms with Crippen molar-refractivity contribution in [3.05, 3.63) is 11.9 Å². The van der Waals surface area contributed by atoms with Crippen LogP contribution in [0.5, 0.6) is 0 Å². The maximum Gasteiger partial charge on any atom is 0.220 e. The standard InChI is InChI=1S/C16H26N4O3/c1-2-16(22)17-13-6-5-12(23-15(13)10-21)7-8-20-9-14(18-19-20)11-3-4-11/h9,11-13,15,21H,2-8,10H2,1H3,(H,17,22)/t12-,13+,15+/m0/s1. The van der Waals surface area contributed by atoms with Gasteiger partial charge in [-0.3, -0.25) is 9.48 Å². The molecule has 1 saturated carbocycles. The molecule has 2 aliphatic rings. The van der Waals surface area contributed by atoms with Crippen molar-refractivity contribution in [2.45, 2.75) is 76.2 Å². The second-order valence-electron chi connectivity index (χ2n) is 6.55. The fourth-order valence-electron chi connectivity index (χ4n) is 3.08. The second-order valence-corrected chi connectivity index (χ2v) is 6.55. The average molecular weight is 322 g/mol. The van der Waals surface area contributed by atoms with Crippen LogP contribution in [0.2, 0.25) is 0 Å². The van der Waals surface area contributed by atoms with Gasteiger partial charge >= 0.3 is 0 Å². The number of aliphatic hydroxyl groups excluding tert-OH is 1. The fourth-order valence-corrected chi connectivity index (χ4v) is 3.08. The molecule has 23 heavy (non-hydrogen) atoms. The van der Waals surface area contributed by atoms with E-state index in [4.69, 9.17) is 4.74 Å². The Hall–Kier alpha value is -1.47. The van der Waals surface area contributed by atoms with E-state index < -0.39 is 0 Å². The summed E-state index contributed by atoms with van der Waals surface area (Å²) in [4.78, 5) is 11.5. The minimum atomic E-state index is -0.318. The Balaban J connectivity index is 1.46. The number of aliphatic hydroxyl groups is 1. The highest BCUT2D eigenvalue weighted by molar-refractivity contribution is 5.75. The molecule has 0 aromatic carbocycles. The molecule has 3 atom stereocenters. The summed E-state index contributed by atoms with van der Waals surface area (Å²) < 4.78 is 7.84. The number of aromatic nitrogens is 3. The Bertz CT molecular complexity index is 529. The van der Waals surface area contributed by atoms with Gasteiger partial charge in [-0.1, -0.05) is 12.1 Å². The normalized spacial score (nSPS) is 27.8. The molecule has 3 rings (SSSR count). The third-order valence-corrected chi connectivity index (χ3v) is 4.70. The van der Waals surface area contributed by atoms with E-state index in [9.17, 15) is 9.90 Å². The Morgan fingerprint density at radius 1 is 1.43 bits per heavy atom. The van der Waals surface area contributed by atoms with Crippen molar-refractivity contribution in [1.29, 1.82) is 0 Å². The number of nitrogens with zero attached hydrogens (tertiary/aromatic N) is 3. The third kappa shape index (κ3) is 4.29. The Morgan fingerprint density at radius 3 is 2.96 bits per heavy atom. The molecule has 1 aromatic rings. The number of carbonyl (C=O) groups excluding carboxylic acids is 1. The molecule has 1 aliphatic heterocycles. The highest BCUT2D eigenvalue weighted by Gasteiger charge is 2.31. The smallest absolute Gasteiger partial charge is 0.220 e. The van der Waals surface area contributed by atoms with Crippen molar-refractivity contribution in [3.63, 3.8) is 0 Å². The van der Waals surface area contributed by atoms with Gasteiger partial charge in [-0.2, -0.15) is 0 Å². The van der Waals surface area contributed by atoms with E-state index in [1.165, 1.54) is 12.8 Å². The van der Waals surface area contributed by atoms with Crippen molar-refractivity contribution >= 4 is 5.91 Å². The lowest BCUT2D eigenvalue weighted by atomic mass is 9.97. The number of hydrogen-bond acceptors (Lipinski definition) is 5. The molecule has 1 amide bonds. The number of amides is 1. The first-order valence-corrected chi connectivity index (χ1v) is 8.65. The molecule has 0 radical (unpaired) electrons. The van der Waals surface area contributed by atoms with E-state index in [-0.39, 0.29) is 30.8 Å². The highest BCUT2D eigenvalue weighted by Crippen LogP contribution is 2.38. The minimum absolute atomic E-state index is 0.00530. The summed E-state index contributed by atoms with van der Waals surface area (Å²) in [7, 11) is 0. The van der Waals surface area contributed by atoms with Crippen LogP contribution in [0.1, 0.15) is 57.1 Å². The molecule has 2 N–H and O–H groups in total. The number of rotatable bonds is 7. The summed E-state index contributed by atoms with van der Waals surface area (Å²) in [6.07, 6.45) is 7.29. The molecular formula is C16H26N4O3.